The quantitative estimate of drug-likeness (QED) is 0.896. The third-order valence-corrected chi connectivity index (χ3v) is 4.32. The molecule has 1 aliphatic heterocycles. The molecular formula is C14H22N2O2. The van der Waals surface area contributed by atoms with Gasteiger partial charge in [-0.15, -0.1) is 0 Å². The molecule has 18 heavy (non-hydrogen) atoms. The van der Waals surface area contributed by atoms with Crippen LogP contribution in [0.5, 0.6) is 0 Å². The van der Waals surface area contributed by atoms with Crippen molar-refractivity contribution in [3.63, 3.8) is 0 Å². The van der Waals surface area contributed by atoms with Gasteiger partial charge in [0.25, 0.3) is 0 Å². The predicted molar refractivity (Wildman–Crippen MR) is 68.1 cm³/mol. The summed E-state index contributed by atoms with van der Waals surface area (Å²) in [6.07, 6.45) is 10.4. The van der Waals surface area contributed by atoms with E-state index in [0.29, 0.717) is 6.04 Å². The minimum absolute atomic E-state index is 0.179. The molecule has 1 N–H and O–H groups in total. The molecule has 1 spiro atoms. The Morgan fingerprint density at radius 1 is 1.33 bits per heavy atom. The lowest BCUT2D eigenvalue weighted by Gasteiger charge is -2.43. The molecule has 4 heteroatoms. The maximum atomic E-state index is 6.10. The van der Waals surface area contributed by atoms with E-state index in [-0.39, 0.29) is 5.60 Å². The highest BCUT2D eigenvalue weighted by molar-refractivity contribution is 4.97. The highest BCUT2D eigenvalue weighted by atomic mass is 16.5. The molecule has 0 amide bonds. The Morgan fingerprint density at radius 3 is 3.00 bits per heavy atom. The average Bonchev–Trinajstić information content (AvgIpc) is 2.91. The lowest BCUT2D eigenvalue weighted by Crippen LogP contribution is -2.47. The molecule has 1 atom stereocenters. The van der Waals surface area contributed by atoms with E-state index in [2.05, 4.69) is 10.5 Å². The topological polar surface area (TPSA) is 47.3 Å². The Hall–Kier alpha value is -0.870. The minimum Gasteiger partial charge on any atom is -0.375 e. The third-order valence-electron chi connectivity index (χ3n) is 4.32. The number of aromatic nitrogens is 1. The van der Waals surface area contributed by atoms with E-state index in [1.165, 1.54) is 32.1 Å². The number of nitrogens with zero attached hydrogens (tertiary/aromatic N) is 1. The first-order valence-electron chi connectivity index (χ1n) is 7.13. The molecule has 1 aromatic rings. The first kappa shape index (κ1) is 12.2. The number of hydrogen-bond donors (Lipinski definition) is 1. The molecule has 1 unspecified atom stereocenters. The summed E-state index contributed by atoms with van der Waals surface area (Å²) in [5.41, 5.74) is 1.16. The SMILES string of the molecule is c1cc(CNC2CCOC3(CCCCC3)C2)no1. The van der Waals surface area contributed by atoms with Crippen LogP contribution in [-0.4, -0.2) is 23.4 Å². The monoisotopic (exact) mass is 250 g/mol. The van der Waals surface area contributed by atoms with Crippen LogP contribution in [0.25, 0.3) is 0 Å². The Morgan fingerprint density at radius 2 is 2.22 bits per heavy atom. The zero-order chi connectivity index (χ0) is 12.3. The molecule has 1 aromatic heterocycles. The Labute approximate surface area is 108 Å². The van der Waals surface area contributed by atoms with Crippen molar-refractivity contribution < 1.29 is 9.26 Å². The van der Waals surface area contributed by atoms with E-state index < -0.39 is 0 Å². The second-order valence-electron chi connectivity index (χ2n) is 5.65. The van der Waals surface area contributed by atoms with Crippen LogP contribution in [0.15, 0.2) is 16.9 Å². The summed E-state index contributed by atoms with van der Waals surface area (Å²) >= 11 is 0. The first-order valence-corrected chi connectivity index (χ1v) is 7.13. The average molecular weight is 250 g/mol. The molecule has 100 valence electrons. The highest BCUT2D eigenvalue weighted by Gasteiger charge is 2.38. The van der Waals surface area contributed by atoms with E-state index in [9.17, 15) is 0 Å². The molecular weight excluding hydrogens is 228 g/mol. The Kier molecular flexibility index (Phi) is 3.66. The van der Waals surface area contributed by atoms with Crippen molar-refractivity contribution in [1.29, 1.82) is 0 Å². The summed E-state index contributed by atoms with van der Waals surface area (Å²) in [4.78, 5) is 0. The van der Waals surface area contributed by atoms with Gasteiger partial charge in [-0.05, 0) is 25.7 Å². The van der Waals surface area contributed by atoms with Crippen LogP contribution in [-0.2, 0) is 11.3 Å². The number of ether oxygens (including phenoxy) is 1. The summed E-state index contributed by atoms with van der Waals surface area (Å²) in [5.74, 6) is 0. The maximum Gasteiger partial charge on any atom is 0.124 e. The van der Waals surface area contributed by atoms with Crippen molar-refractivity contribution in [3.8, 4) is 0 Å². The molecule has 2 fully saturated rings. The van der Waals surface area contributed by atoms with Crippen molar-refractivity contribution in [1.82, 2.24) is 10.5 Å². The van der Waals surface area contributed by atoms with Crippen molar-refractivity contribution in [3.05, 3.63) is 18.0 Å². The number of hydrogen-bond acceptors (Lipinski definition) is 4. The van der Waals surface area contributed by atoms with E-state index in [4.69, 9.17) is 9.26 Å². The van der Waals surface area contributed by atoms with E-state index in [1.54, 1.807) is 6.26 Å². The second-order valence-corrected chi connectivity index (χ2v) is 5.65. The van der Waals surface area contributed by atoms with Crippen LogP contribution in [0.1, 0.15) is 50.6 Å². The molecule has 2 aliphatic rings. The van der Waals surface area contributed by atoms with E-state index in [1.807, 2.05) is 6.07 Å². The second kappa shape index (κ2) is 5.41. The van der Waals surface area contributed by atoms with Gasteiger partial charge >= 0.3 is 0 Å². The maximum absolute atomic E-state index is 6.10. The Balaban J connectivity index is 1.53. The number of nitrogens with one attached hydrogen (secondary N) is 1. The lowest BCUT2D eigenvalue weighted by atomic mass is 9.78. The first-order chi connectivity index (χ1) is 8.86. The number of rotatable bonds is 3. The zero-order valence-corrected chi connectivity index (χ0v) is 10.9. The molecule has 0 bridgehead atoms. The summed E-state index contributed by atoms with van der Waals surface area (Å²) in [5, 5.41) is 7.53. The van der Waals surface area contributed by atoms with Gasteiger partial charge < -0.3 is 14.6 Å². The molecule has 4 nitrogen and oxygen atoms in total. The fraction of sp³-hybridized carbons (Fsp3) is 0.786. The van der Waals surface area contributed by atoms with Crippen molar-refractivity contribution >= 4 is 0 Å². The zero-order valence-electron chi connectivity index (χ0n) is 10.9. The van der Waals surface area contributed by atoms with Gasteiger partial charge in [-0.2, -0.15) is 0 Å². The molecule has 1 saturated heterocycles. The van der Waals surface area contributed by atoms with Crippen LogP contribution < -0.4 is 5.32 Å². The van der Waals surface area contributed by atoms with Crippen LogP contribution in [0.4, 0.5) is 0 Å². The highest BCUT2D eigenvalue weighted by Crippen LogP contribution is 2.38. The van der Waals surface area contributed by atoms with Gasteiger partial charge in [-0.3, -0.25) is 0 Å². The molecule has 2 heterocycles. The van der Waals surface area contributed by atoms with Crippen LogP contribution in [0.3, 0.4) is 0 Å². The van der Waals surface area contributed by atoms with Crippen LogP contribution in [0.2, 0.25) is 0 Å². The van der Waals surface area contributed by atoms with Crippen molar-refractivity contribution in [2.45, 2.75) is 63.1 Å². The van der Waals surface area contributed by atoms with Gasteiger partial charge in [-0.1, -0.05) is 24.4 Å². The largest absolute Gasteiger partial charge is 0.375 e. The summed E-state index contributed by atoms with van der Waals surface area (Å²) < 4.78 is 10.9. The third kappa shape index (κ3) is 2.75. The molecule has 0 aromatic carbocycles. The van der Waals surface area contributed by atoms with E-state index >= 15 is 0 Å². The van der Waals surface area contributed by atoms with E-state index in [0.717, 1.165) is 31.7 Å². The van der Waals surface area contributed by atoms with Crippen LogP contribution >= 0.6 is 0 Å². The molecule has 1 saturated carbocycles. The predicted octanol–water partition coefficient (Wildman–Crippen LogP) is 2.65. The normalized spacial score (nSPS) is 27.4. The molecule has 0 radical (unpaired) electrons. The van der Waals surface area contributed by atoms with Gasteiger partial charge in [0.2, 0.25) is 0 Å². The van der Waals surface area contributed by atoms with Gasteiger partial charge in [0.15, 0.2) is 0 Å². The molecule has 3 rings (SSSR count). The smallest absolute Gasteiger partial charge is 0.124 e. The van der Waals surface area contributed by atoms with Gasteiger partial charge in [-0.25, -0.2) is 0 Å². The summed E-state index contributed by atoms with van der Waals surface area (Å²) in [6, 6.07) is 2.48. The lowest BCUT2D eigenvalue weighted by molar-refractivity contribution is -0.109. The van der Waals surface area contributed by atoms with Crippen molar-refractivity contribution in [2.75, 3.05) is 6.61 Å². The fourth-order valence-corrected chi connectivity index (χ4v) is 3.32. The van der Waals surface area contributed by atoms with Gasteiger partial charge in [0, 0.05) is 25.3 Å². The fourth-order valence-electron chi connectivity index (χ4n) is 3.32. The van der Waals surface area contributed by atoms with Gasteiger partial charge in [0.1, 0.15) is 6.26 Å². The summed E-state index contributed by atoms with van der Waals surface area (Å²) in [6.45, 7) is 1.70. The van der Waals surface area contributed by atoms with Gasteiger partial charge in [0.05, 0.1) is 11.3 Å². The standard InChI is InChI=1S/C14H22N2O2/c1-2-6-14(7-3-1)10-12(4-8-17-14)15-11-13-5-9-18-16-13/h5,9,12,15H,1-4,6-8,10-11H2. The summed E-state index contributed by atoms with van der Waals surface area (Å²) in [7, 11) is 0. The van der Waals surface area contributed by atoms with Crippen LogP contribution in [0, 0.1) is 0 Å². The minimum atomic E-state index is 0.179. The Bertz CT molecular complexity index is 352. The van der Waals surface area contributed by atoms with Crippen molar-refractivity contribution in [2.24, 2.45) is 0 Å². The molecule has 1 aliphatic carbocycles.